The molecule has 2 aliphatic carbocycles. The van der Waals surface area contributed by atoms with Crippen molar-refractivity contribution in [1.29, 1.82) is 0 Å². The van der Waals surface area contributed by atoms with Gasteiger partial charge < -0.3 is 10.6 Å². The number of fused-ring (bicyclic) bond motifs is 5. The second-order valence-electron chi connectivity index (χ2n) is 7.74. The van der Waals surface area contributed by atoms with Crippen molar-refractivity contribution in [2.75, 3.05) is 19.6 Å². The molecule has 1 saturated heterocycles. The number of aliphatic imine (C=N–C) groups is 1. The number of allylic oxidation sites excluding steroid dienone is 2. The van der Waals surface area contributed by atoms with Crippen molar-refractivity contribution >= 4 is 17.8 Å². The van der Waals surface area contributed by atoms with Gasteiger partial charge in [-0.25, -0.2) is 9.38 Å². The molecule has 2 fully saturated rings. The maximum absolute atomic E-state index is 13.7. The molecule has 0 radical (unpaired) electrons. The van der Waals surface area contributed by atoms with Gasteiger partial charge in [-0.2, -0.15) is 0 Å². The first-order valence-electron chi connectivity index (χ1n) is 10.2. The minimum atomic E-state index is -0.382. The standard InChI is InChI=1S/C21H26FN5O2/c1-2-23-21(26-12-16-15(22)5-3-8-24-16)25-9-4-10-27-19(28)17-13-6-7-14(11-13)18(17)20(27)29/h3,5-8,13-14,17-18H,2,4,9-12H2,1H3,(H2,23,25,26). The largest absolute Gasteiger partial charge is 0.357 e. The number of rotatable bonds is 7. The number of amides is 2. The average molecular weight is 399 g/mol. The summed E-state index contributed by atoms with van der Waals surface area (Å²) in [6.07, 6.45) is 7.32. The third kappa shape index (κ3) is 3.75. The van der Waals surface area contributed by atoms with Crippen molar-refractivity contribution in [1.82, 2.24) is 20.5 Å². The van der Waals surface area contributed by atoms with E-state index in [4.69, 9.17) is 0 Å². The molecule has 29 heavy (non-hydrogen) atoms. The van der Waals surface area contributed by atoms with E-state index in [1.54, 1.807) is 6.07 Å². The van der Waals surface area contributed by atoms with Crippen LogP contribution in [0.1, 0.15) is 25.5 Å². The Morgan fingerprint density at radius 1 is 1.24 bits per heavy atom. The van der Waals surface area contributed by atoms with Gasteiger partial charge in [-0.3, -0.25) is 19.5 Å². The van der Waals surface area contributed by atoms with Gasteiger partial charge in [-0.05, 0) is 43.7 Å². The Bertz CT molecular complexity index is 825. The second kappa shape index (κ2) is 8.31. The Kier molecular flexibility index (Phi) is 5.60. The lowest BCUT2D eigenvalue weighted by Crippen LogP contribution is -2.40. The van der Waals surface area contributed by atoms with Crippen LogP contribution < -0.4 is 10.6 Å². The van der Waals surface area contributed by atoms with Crippen molar-refractivity contribution < 1.29 is 14.0 Å². The lowest BCUT2D eigenvalue weighted by atomic mass is 9.85. The van der Waals surface area contributed by atoms with Crippen LogP contribution in [0, 0.1) is 29.5 Å². The Morgan fingerprint density at radius 3 is 2.62 bits per heavy atom. The second-order valence-corrected chi connectivity index (χ2v) is 7.74. The van der Waals surface area contributed by atoms with Gasteiger partial charge in [0.1, 0.15) is 5.82 Å². The maximum Gasteiger partial charge on any atom is 0.233 e. The Morgan fingerprint density at radius 2 is 1.97 bits per heavy atom. The van der Waals surface area contributed by atoms with Gasteiger partial charge in [-0.1, -0.05) is 12.2 Å². The van der Waals surface area contributed by atoms with E-state index in [0.717, 1.165) is 6.42 Å². The molecule has 2 heterocycles. The number of aromatic nitrogens is 1. The van der Waals surface area contributed by atoms with Crippen LogP contribution in [0.5, 0.6) is 0 Å². The Balaban J connectivity index is 1.28. The quantitative estimate of drug-likeness (QED) is 0.238. The molecular weight excluding hydrogens is 373 g/mol. The summed E-state index contributed by atoms with van der Waals surface area (Å²) in [6.45, 7) is 3.70. The van der Waals surface area contributed by atoms with Gasteiger partial charge in [0.05, 0.1) is 24.1 Å². The number of carbonyl (C=O) groups is 2. The zero-order valence-electron chi connectivity index (χ0n) is 16.5. The molecule has 1 aromatic heterocycles. The fourth-order valence-electron chi connectivity index (χ4n) is 4.66. The number of hydrogen-bond donors (Lipinski definition) is 2. The number of guanidine groups is 1. The number of carbonyl (C=O) groups excluding carboxylic acids is 2. The lowest BCUT2D eigenvalue weighted by molar-refractivity contribution is -0.140. The van der Waals surface area contributed by atoms with Crippen LogP contribution in [0.15, 0.2) is 35.5 Å². The minimum Gasteiger partial charge on any atom is -0.357 e. The van der Waals surface area contributed by atoms with Gasteiger partial charge in [0.2, 0.25) is 11.8 Å². The summed E-state index contributed by atoms with van der Waals surface area (Å²) in [5, 5.41) is 6.27. The summed E-state index contributed by atoms with van der Waals surface area (Å²) >= 11 is 0. The average Bonchev–Trinajstić information content (AvgIpc) is 3.39. The highest BCUT2D eigenvalue weighted by atomic mass is 19.1. The summed E-state index contributed by atoms with van der Waals surface area (Å²) in [6, 6.07) is 2.90. The first kappa shape index (κ1) is 19.5. The SMILES string of the molecule is CCNC(=NCc1ncccc1F)NCCCN1C(=O)C2C3C=CC(C3)C2C1=O. The molecule has 4 atom stereocenters. The molecule has 7 nitrogen and oxygen atoms in total. The van der Waals surface area contributed by atoms with E-state index in [-0.39, 0.29) is 53.5 Å². The smallest absolute Gasteiger partial charge is 0.233 e. The number of nitrogens with one attached hydrogen (secondary N) is 2. The van der Waals surface area contributed by atoms with E-state index in [1.807, 2.05) is 6.92 Å². The van der Waals surface area contributed by atoms with Gasteiger partial charge >= 0.3 is 0 Å². The molecule has 2 N–H and O–H groups in total. The summed E-state index contributed by atoms with van der Waals surface area (Å²) < 4.78 is 13.7. The van der Waals surface area contributed by atoms with Crippen LogP contribution in [-0.4, -0.2) is 47.3 Å². The first-order chi connectivity index (χ1) is 14.1. The summed E-state index contributed by atoms with van der Waals surface area (Å²) in [7, 11) is 0. The van der Waals surface area contributed by atoms with Crippen LogP contribution in [0.3, 0.4) is 0 Å². The van der Waals surface area contributed by atoms with Gasteiger partial charge in [-0.15, -0.1) is 0 Å². The van der Waals surface area contributed by atoms with E-state index in [0.29, 0.717) is 32.0 Å². The van der Waals surface area contributed by atoms with Crippen LogP contribution >= 0.6 is 0 Å². The number of hydrogen-bond acceptors (Lipinski definition) is 4. The topological polar surface area (TPSA) is 86.7 Å². The van der Waals surface area contributed by atoms with Crippen LogP contribution in [0.2, 0.25) is 0 Å². The van der Waals surface area contributed by atoms with Crippen molar-refractivity contribution in [3.05, 3.63) is 42.0 Å². The van der Waals surface area contributed by atoms with Crippen molar-refractivity contribution in [3.8, 4) is 0 Å². The predicted molar refractivity (Wildman–Crippen MR) is 106 cm³/mol. The molecule has 154 valence electrons. The molecule has 2 amide bonds. The monoisotopic (exact) mass is 399 g/mol. The van der Waals surface area contributed by atoms with Gasteiger partial charge in [0.25, 0.3) is 0 Å². The molecule has 1 aromatic rings. The maximum atomic E-state index is 13.7. The van der Waals surface area contributed by atoms with E-state index < -0.39 is 0 Å². The number of halogens is 1. The van der Waals surface area contributed by atoms with Crippen molar-refractivity contribution in [2.45, 2.75) is 26.3 Å². The number of pyridine rings is 1. The third-order valence-corrected chi connectivity index (χ3v) is 5.98. The zero-order valence-corrected chi connectivity index (χ0v) is 16.5. The Labute approximate surface area is 169 Å². The summed E-state index contributed by atoms with van der Waals surface area (Å²) in [5.74, 6) is 0.345. The molecular formula is C21H26FN5O2. The van der Waals surface area contributed by atoms with Crippen molar-refractivity contribution in [2.24, 2.45) is 28.7 Å². The van der Waals surface area contributed by atoms with E-state index in [2.05, 4.69) is 32.8 Å². The molecule has 8 heteroatoms. The molecule has 1 aliphatic heterocycles. The molecule has 0 aromatic carbocycles. The van der Waals surface area contributed by atoms with Gasteiger partial charge in [0.15, 0.2) is 5.96 Å². The molecule has 2 bridgehead atoms. The predicted octanol–water partition coefficient (Wildman–Crippen LogP) is 1.47. The van der Waals surface area contributed by atoms with E-state index in [1.165, 1.54) is 17.2 Å². The zero-order chi connectivity index (χ0) is 20.4. The highest BCUT2D eigenvalue weighted by Crippen LogP contribution is 2.52. The van der Waals surface area contributed by atoms with E-state index in [9.17, 15) is 14.0 Å². The molecule has 4 unspecified atom stereocenters. The van der Waals surface area contributed by atoms with E-state index >= 15 is 0 Å². The van der Waals surface area contributed by atoms with Crippen molar-refractivity contribution in [3.63, 3.8) is 0 Å². The molecule has 4 rings (SSSR count). The highest BCUT2D eigenvalue weighted by Gasteiger charge is 2.58. The normalized spacial score (nSPS) is 27.7. The number of nitrogens with zero attached hydrogens (tertiary/aromatic N) is 3. The number of imide groups is 1. The number of likely N-dealkylation sites (tertiary alicyclic amines) is 1. The van der Waals surface area contributed by atoms with Crippen LogP contribution in [-0.2, 0) is 16.1 Å². The van der Waals surface area contributed by atoms with Crippen LogP contribution in [0.4, 0.5) is 4.39 Å². The molecule has 3 aliphatic rings. The highest BCUT2D eigenvalue weighted by molar-refractivity contribution is 6.06. The molecule has 0 spiro atoms. The third-order valence-electron chi connectivity index (χ3n) is 5.98. The lowest BCUT2D eigenvalue weighted by Gasteiger charge is -2.18. The first-order valence-corrected chi connectivity index (χ1v) is 10.2. The Hall–Kier alpha value is -2.77. The summed E-state index contributed by atoms with van der Waals surface area (Å²) in [5.41, 5.74) is 0.285. The fourth-order valence-corrected chi connectivity index (χ4v) is 4.66. The minimum absolute atomic E-state index is 0.0111. The molecule has 1 saturated carbocycles. The fraction of sp³-hybridized carbons (Fsp3) is 0.524. The van der Waals surface area contributed by atoms with Gasteiger partial charge in [0, 0.05) is 25.8 Å². The summed E-state index contributed by atoms with van der Waals surface area (Å²) in [4.78, 5) is 35.2. The van der Waals surface area contributed by atoms with Crippen LogP contribution in [0.25, 0.3) is 0 Å².